The zero-order chi connectivity index (χ0) is 30.2. The van der Waals surface area contributed by atoms with E-state index in [1.807, 2.05) is 0 Å². The number of amides is 1. The lowest BCUT2D eigenvalue weighted by molar-refractivity contribution is -0.440. The fraction of sp³-hybridized carbons (Fsp3) is 0.533. The van der Waals surface area contributed by atoms with E-state index in [2.05, 4.69) is 8.92 Å². The maximum Gasteiger partial charge on any atom is 0.460 e. The molecule has 0 spiro atoms. The molecule has 0 atom stereocenters. The molecule has 9 nitrogen and oxygen atoms in total. The second kappa shape index (κ2) is 10.1. The zero-order valence-electron chi connectivity index (χ0n) is 17.4. The fourth-order valence-electron chi connectivity index (χ4n) is 2.13. The van der Waals surface area contributed by atoms with Crippen molar-refractivity contribution in [3.63, 3.8) is 0 Å². The van der Waals surface area contributed by atoms with E-state index < -0.39 is 81.6 Å². The van der Waals surface area contributed by atoms with Crippen LogP contribution in [0.2, 0.25) is 0 Å². The van der Waals surface area contributed by atoms with Crippen molar-refractivity contribution in [1.82, 2.24) is 4.72 Å². The molecule has 1 aromatic carbocycles. The highest BCUT2D eigenvalue weighted by Gasteiger charge is 2.90. The Kier molecular flexibility index (Phi) is 8.73. The molecule has 23 heteroatoms. The molecule has 218 valence electrons. The summed E-state index contributed by atoms with van der Waals surface area (Å²) in [6.07, 6.45) is -12.8. The Balaban J connectivity index is 2.91. The van der Waals surface area contributed by atoms with Crippen LogP contribution in [0.1, 0.15) is 6.42 Å². The number of benzene rings is 1. The van der Waals surface area contributed by atoms with Crippen LogP contribution in [0.3, 0.4) is 0 Å². The van der Waals surface area contributed by atoms with Crippen molar-refractivity contribution in [2.75, 3.05) is 6.61 Å². The highest BCUT2D eigenvalue weighted by molar-refractivity contribution is 7.85. The average molecular weight is 608 g/mol. The van der Waals surface area contributed by atoms with Gasteiger partial charge in [0, 0.05) is 12.1 Å². The molecular weight excluding hydrogens is 599 g/mol. The van der Waals surface area contributed by atoms with Crippen LogP contribution in [0.5, 0.6) is 5.75 Å². The van der Waals surface area contributed by atoms with Crippen molar-refractivity contribution in [3.8, 4) is 5.75 Å². The molecule has 0 fully saturated rings. The van der Waals surface area contributed by atoms with Gasteiger partial charge in [0.15, 0.2) is 0 Å². The highest BCUT2D eigenvalue weighted by Crippen LogP contribution is 2.60. The van der Waals surface area contributed by atoms with Gasteiger partial charge in [0.2, 0.25) is 0 Å². The summed E-state index contributed by atoms with van der Waals surface area (Å²) < 4.78 is 201. The predicted octanol–water partition coefficient (Wildman–Crippen LogP) is 5.07. The van der Waals surface area contributed by atoms with E-state index in [4.69, 9.17) is 0 Å². The Morgan fingerprint density at radius 2 is 1.26 bits per heavy atom. The minimum absolute atomic E-state index is 0.551. The minimum Gasteiger partial charge on any atom is -0.449 e. The molecule has 0 saturated heterocycles. The molecule has 0 aliphatic heterocycles. The van der Waals surface area contributed by atoms with Gasteiger partial charge in [0.25, 0.3) is 5.69 Å². The predicted molar refractivity (Wildman–Crippen MR) is 92.5 cm³/mol. The smallest absolute Gasteiger partial charge is 0.449 e. The number of rotatable bonds is 11. The number of nitro groups is 1. The number of nitrogens with zero attached hydrogens (tertiary/aromatic N) is 1. The van der Waals surface area contributed by atoms with Gasteiger partial charge in [-0.25, -0.2) is 4.79 Å². The molecule has 0 aliphatic carbocycles. The molecule has 0 aromatic heterocycles. The number of carbonyl (C=O) groups excluding carboxylic acids is 1. The third kappa shape index (κ3) is 6.23. The van der Waals surface area contributed by atoms with Crippen molar-refractivity contribution in [2.24, 2.45) is 0 Å². The SMILES string of the molecule is O=C(NS(=O)(=O)Oc1ccc([N+](=O)[O-])cc1)OCCC(F)(F)C(F)(F)C(F)(F)C(F)(F)C(F)(F)C(F)(F)F. The summed E-state index contributed by atoms with van der Waals surface area (Å²) in [5, 5.41) is 10.5. The Morgan fingerprint density at radius 1 is 0.816 bits per heavy atom. The van der Waals surface area contributed by atoms with E-state index >= 15 is 0 Å². The molecule has 1 N–H and O–H groups in total. The number of halogens is 13. The zero-order valence-corrected chi connectivity index (χ0v) is 18.2. The van der Waals surface area contributed by atoms with Gasteiger partial charge in [-0.1, -0.05) is 0 Å². The first-order valence-electron chi connectivity index (χ1n) is 8.83. The van der Waals surface area contributed by atoms with Crippen LogP contribution in [0.4, 0.5) is 67.6 Å². The van der Waals surface area contributed by atoms with Gasteiger partial charge in [-0.15, -0.1) is 0 Å². The average Bonchev–Trinajstić information content (AvgIpc) is 2.71. The van der Waals surface area contributed by atoms with Crippen LogP contribution in [0, 0.1) is 10.1 Å². The first-order valence-corrected chi connectivity index (χ1v) is 10.2. The number of ether oxygens (including phenoxy) is 1. The quantitative estimate of drug-likeness (QED) is 0.211. The summed E-state index contributed by atoms with van der Waals surface area (Å²) in [5.41, 5.74) is -0.551. The van der Waals surface area contributed by atoms with Crippen LogP contribution in [-0.2, 0) is 15.0 Å². The van der Waals surface area contributed by atoms with Crippen LogP contribution >= 0.6 is 0 Å². The number of non-ortho nitro benzene ring substituents is 1. The molecule has 0 aliphatic rings. The van der Waals surface area contributed by atoms with Crippen molar-refractivity contribution >= 4 is 22.1 Å². The number of carbonyl (C=O) groups is 1. The maximum absolute atomic E-state index is 13.6. The van der Waals surface area contributed by atoms with Crippen LogP contribution in [0.15, 0.2) is 24.3 Å². The molecule has 0 saturated carbocycles. The lowest BCUT2D eigenvalue weighted by Crippen LogP contribution is -2.70. The largest absolute Gasteiger partial charge is 0.460 e. The van der Waals surface area contributed by atoms with Gasteiger partial charge in [0.1, 0.15) is 5.75 Å². The number of hydrogen-bond donors (Lipinski definition) is 1. The maximum atomic E-state index is 13.6. The summed E-state index contributed by atoms with van der Waals surface area (Å²) in [6.45, 7) is -2.21. The monoisotopic (exact) mass is 608 g/mol. The summed E-state index contributed by atoms with van der Waals surface area (Å²) >= 11 is 0. The van der Waals surface area contributed by atoms with E-state index in [0.29, 0.717) is 12.1 Å². The molecule has 0 bridgehead atoms. The van der Waals surface area contributed by atoms with Gasteiger partial charge in [-0.3, -0.25) is 10.1 Å². The molecule has 0 unspecified atom stereocenters. The van der Waals surface area contributed by atoms with Crippen LogP contribution < -0.4 is 8.91 Å². The number of nitrogens with one attached hydrogen (secondary N) is 1. The van der Waals surface area contributed by atoms with Crippen molar-refractivity contribution in [3.05, 3.63) is 34.4 Å². The van der Waals surface area contributed by atoms with Crippen molar-refractivity contribution in [2.45, 2.75) is 42.2 Å². The Hall–Kier alpha value is -3.27. The summed E-state index contributed by atoms with van der Waals surface area (Å²) in [7, 11) is -5.27. The Morgan fingerprint density at radius 3 is 1.68 bits per heavy atom. The molecule has 1 amide bonds. The second-order valence-corrected chi connectivity index (χ2v) is 8.06. The van der Waals surface area contributed by atoms with Gasteiger partial charge in [0.05, 0.1) is 18.0 Å². The highest BCUT2D eigenvalue weighted by atomic mass is 32.2. The first-order chi connectivity index (χ1) is 16.7. The van der Waals surface area contributed by atoms with E-state index in [-0.39, 0.29) is 0 Å². The number of nitro benzene ring substituents is 1. The second-order valence-electron chi connectivity index (χ2n) is 6.78. The summed E-state index contributed by atoms with van der Waals surface area (Å²) in [5.74, 6) is -38.9. The van der Waals surface area contributed by atoms with E-state index in [0.717, 1.165) is 16.9 Å². The van der Waals surface area contributed by atoms with E-state index in [1.165, 1.54) is 0 Å². The number of alkyl halides is 13. The molecule has 0 radical (unpaired) electrons. The Bertz CT molecular complexity index is 1140. The fourth-order valence-corrected chi connectivity index (χ4v) is 2.80. The molecule has 0 heterocycles. The summed E-state index contributed by atoms with van der Waals surface area (Å²) in [4.78, 5) is 20.9. The van der Waals surface area contributed by atoms with Crippen molar-refractivity contribution in [1.29, 1.82) is 0 Å². The van der Waals surface area contributed by atoms with Gasteiger partial charge < -0.3 is 8.92 Å². The first kappa shape index (κ1) is 32.8. The topological polar surface area (TPSA) is 125 Å². The molecule has 1 rings (SSSR count). The van der Waals surface area contributed by atoms with Gasteiger partial charge in [-0.2, -0.15) is 70.2 Å². The standard InChI is InChI=1S/C15H9F13N2O7S/c16-10(17,11(18,19)12(20,21)13(22,23)14(24,25)15(26,27)28)5-6-36-9(31)29-38(34,35)37-8-3-1-7(2-4-8)30(32)33/h1-4H,5-6H2,(H,29,31). The Labute approximate surface area is 200 Å². The van der Waals surface area contributed by atoms with Crippen LogP contribution in [0.25, 0.3) is 0 Å². The lowest BCUT2D eigenvalue weighted by atomic mass is 9.93. The molecule has 38 heavy (non-hydrogen) atoms. The third-order valence-electron chi connectivity index (χ3n) is 4.11. The van der Waals surface area contributed by atoms with Gasteiger partial charge in [-0.05, 0) is 12.1 Å². The van der Waals surface area contributed by atoms with E-state index in [1.54, 1.807) is 0 Å². The van der Waals surface area contributed by atoms with Gasteiger partial charge >= 0.3 is 52.2 Å². The lowest BCUT2D eigenvalue weighted by Gasteiger charge is -2.39. The number of hydrogen-bond acceptors (Lipinski definition) is 7. The molecule has 1 aromatic rings. The normalized spacial score (nSPS) is 14.1. The minimum atomic E-state index is -8.10. The third-order valence-corrected chi connectivity index (χ3v) is 4.94. The summed E-state index contributed by atoms with van der Waals surface area (Å²) in [6, 6.07) is 2.80. The van der Waals surface area contributed by atoms with Crippen molar-refractivity contribution < 1.29 is 84.1 Å². The molecular formula is C15H9F13N2O7S. The van der Waals surface area contributed by atoms with Crippen LogP contribution in [-0.4, -0.2) is 61.8 Å². The van der Waals surface area contributed by atoms with E-state index in [9.17, 15) is 80.4 Å².